The van der Waals surface area contributed by atoms with Gasteiger partial charge in [-0.1, -0.05) is 12.1 Å². The van der Waals surface area contributed by atoms with Crippen LogP contribution in [0.25, 0.3) is 0 Å². The van der Waals surface area contributed by atoms with E-state index in [-0.39, 0.29) is 6.09 Å². The third-order valence-corrected chi connectivity index (χ3v) is 2.75. The summed E-state index contributed by atoms with van der Waals surface area (Å²) in [5.74, 6) is 0.804. The summed E-state index contributed by atoms with van der Waals surface area (Å²) in [6, 6.07) is 7.71. The van der Waals surface area contributed by atoms with Crippen LogP contribution in [0.5, 0.6) is 5.75 Å². The van der Waals surface area contributed by atoms with Crippen LogP contribution in [0.1, 0.15) is 32.8 Å². The van der Waals surface area contributed by atoms with Crippen molar-refractivity contribution in [2.45, 2.75) is 39.3 Å². The van der Waals surface area contributed by atoms with Crippen LogP contribution in [-0.4, -0.2) is 36.8 Å². The first kappa shape index (κ1) is 17.3. The van der Waals surface area contributed by atoms with Gasteiger partial charge in [0.25, 0.3) is 0 Å². The number of benzene rings is 1. The Kier molecular flexibility index (Phi) is 6.49. The fourth-order valence-corrected chi connectivity index (χ4v) is 1.69. The molecule has 0 saturated heterocycles. The molecule has 2 N–H and O–H groups in total. The summed E-state index contributed by atoms with van der Waals surface area (Å²) >= 11 is 0. The minimum Gasteiger partial charge on any atom is -0.494 e. The van der Waals surface area contributed by atoms with E-state index >= 15 is 0 Å². The molecule has 0 saturated carbocycles. The molecule has 0 heterocycles. The van der Waals surface area contributed by atoms with Crippen LogP contribution >= 0.6 is 0 Å². The van der Waals surface area contributed by atoms with Gasteiger partial charge in [0.1, 0.15) is 11.4 Å². The second-order valence-corrected chi connectivity index (χ2v) is 5.96. The van der Waals surface area contributed by atoms with Gasteiger partial charge in [-0.2, -0.15) is 0 Å². The van der Waals surface area contributed by atoms with Crippen molar-refractivity contribution in [1.29, 1.82) is 0 Å². The van der Waals surface area contributed by atoms with Crippen molar-refractivity contribution in [1.82, 2.24) is 4.90 Å². The highest BCUT2D eigenvalue weighted by Gasteiger charge is 2.19. The topological polar surface area (TPSA) is 64.8 Å². The molecule has 0 aliphatic rings. The van der Waals surface area contributed by atoms with Crippen molar-refractivity contribution in [3.05, 3.63) is 29.8 Å². The van der Waals surface area contributed by atoms with Gasteiger partial charge in [-0.3, -0.25) is 0 Å². The summed E-state index contributed by atoms with van der Waals surface area (Å²) in [5, 5.41) is 0. The Morgan fingerprint density at radius 3 is 2.67 bits per heavy atom. The molecule has 21 heavy (non-hydrogen) atoms. The molecular weight excluding hydrogens is 268 g/mol. The molecule has 0 aliphatic carbocycles. The van der Waals surface area contributed by atoms with Crippen LogP contribution in [-0.2, 0) is 11.3 Å². The highest BCUT2D eigenvalue weighted by molar-refractivity contribution is 5.67. The van der Waals surface area contributed by atoms with Crippen molar-refractivity contribution in [2.24, 2.45) is 5.73 Å². The summed E-state index contributed by atoms with van der Waals surface area (Å²) in [5.41, 5.74) is 6.16. The van der Waals surface area contributed by atoms with E-state index in [0.29, 0.717) is 19.7 Å². The van der Waals surface area contributed by atoms with E-state index in [1.165, 1.54) is 0 Å². The van der Waals surface area contributed by atoms with Gasteiger partial charge in [0, 0.05) is 20.1 Å². The van der Waals surface area contributed by atoms with Crippen molar-refractivity contribution in [3.8, 4) is 5.75 Å². The van der Waals surface area contributed by atoms with Crippen molar-refractivity contribution >= 4 is 6.09 Å². The Hall–Kier alpha value is -1.75. The standard InChI is InChI=1S/C16H26N2O3/c1-16(2,3)21-15(19)18(4)9-6-10-20-14-8-5-7-13(11-14)12-17/h5,7-8,11H,6,9-10,12,17H2,1-4H3. The van der Waals surface area contributed by atoms with Gasteiger partial charge in [0.15, 0.2) is 0 Å². The van der Waals surface area contributed by atoms with E-state index in [9.17, 15) is 4.79 Å². The number of carbonyl (C=O) groups excluding carboxylic acids is 1. The molecule has 118 valence electrons. The van der Waals surface area contributed by atoms with Crippen LogP contribution < -0.4 is 10.5 Å². The van der Waals surface area contributed by atoms with E-state index < -0.39 is 5.60 Å². The minimum absolute atomic E-state index is 0.312. The number of amides is 1. The molecule has 1 rings (SSSR count). The molecule has 0 aliphatic heterocycles. The fraction of sp³-hybridized carbons (Fsp3) is 0.562. The van der Waals surface area contributed by atoms with Crippen LogP contribution in [0.2, 0.25) is 0 Å². The molecule has 0 aromatic heterocycles. The number of hydrogen-bond donors (Lipinski definition) is 1. The van der Waals surface area contributed by atoms with Gasteiger partial charge >= 0.3 is 6.09 Å². The number of nitrogens with zero attached hydrogens (tertiary/aromatic N) is 1. The van der Waals surface area contributed by atoms with Gasteiger partial charge in [-0.25, -0.2) is 4.79 Å². The average Bonchev–Trinajstić information content (AvgIpc) is 2.41. The van der Waals surface area contributed by atoms with Gasteiger partial charge in [-0.05, 0) is 44.9 Å². The second kappa shape index (κ2) is 7.88. The molecular formula is C16H26N2O3. The molecule has 0 bridgehead atoms. The van der Waals surface area contributed by atoms with Crippen LogP contribution in [0.15, 0.2) is 24.3 Å². The first-order valence-corrected chi connectivity index (χ1v) is 7.18. The Bertz CT molecular complexity index is 455. The predicted molar refractivity (Wildman–Crippen MR) is 83.3 cm³/mol. The normalized spacial score (nSPS) is 11.1. The highest BCUT2D eigenvalue weighted by Crippen LogP contribution is 2.13. The van der Waals surface area contributed by atoms with Crippen molar-refractivity contribution in [3.63, 3.8) is 0 Å². The lowest BCUT2D eigenvalue weighted by Gasteiger charge is -2.24. The zero-order valence-electron chi connectivity index (χ0n) is 13.4. The Labute approximate surface area is 127 Å². The molecule has 0 atom stereocenters. The number of carbonyl (C=O) groups is 1. The fourth-order valence-electron chi connectivity index (χ4n) is 1.69. The molecule has 1 amide bonds. The lowest BCUT2D eigenvalue weighted by atomic mass is 10.2. The quantitative estimate of drug-likeness (QED) is 0.819. The third-order valence-electron chi connectivity index (χ3n) is 2.75. The Balaban J connectivity index is 2.28. The summed E-state index contributed by atoms with van der Waals surface area (Å²) in [7, 11) is 1.73. The van der Waals surface area contributed by atoms with E-state index in [1.54, 1.807) is 11.9 Å². The molecule has 0 radical (unpaired) electrons. The number of nitrogens with two attached hydrogens (primary N) is 1. The predicted octanol–water partition coefficient (Wildman–Crippen LogP) is 2.78. The molecule has 5 nitrogen and oxygen atoms in total. The average molecular weight is 294 g/mol. The SMILES string of the molecule is CN(CCCOc1cccc(CN)c1)C(=O)OC(C)(C)C. The van der Waals surface area contributed by atoms with Gasteiger partial charge < -0.3 is 20.1 Å². The smallest absolute Gasteiger partial charge is 0.410 e. The zero-order valence-corrected chi connectivity index (χ0v) is 13.4. The number of ether oxygens (including phenoxy) is 2. The van der Waals surface area contributed by atoms with Crippen LogP contribution in [0.3, 0.4) is 0 Å². The maximum atomic E-state index is 11.8. The second-order valence-electron chi connectivity index (χ2n) is 5.96. The number of hydrogen-bond acceptors (Lipinski definition) is 4. The summed E-state index contributed by atoms with van der Waals surface area (Å²) in [4.78, 5) is 13.3. The lowest BCUT2D eigenvalue weighted by molar-refractivity contribution is 0.0292. The van der Waals surface area contributed by atoms with E-state index in [2.05, 4.69) is 0 Å². The first-order chi connectivity index (χ1) is 9.81. The summed E-state index contributed by atoms with van der Waals surface area (Å²) in [6.45, 7) is 7.19. The van der Waals surface area contributed by atoms with Gasteiger partial charge in [0.05, 0.1) is 6.61 Å². The monoisotopic (exact) mass is 294 g/mol. The van der Waals surface area contributed by atoms with Gasteiger partial charge in [-0.15, -0.1) is 0 Å². The van der Waals surface area contributed by atoms with E-state index in [1.807, 2.05) is 45.0 Å². The third kappa shape index (κ3) is 6.99. The molecule has 0 fully saturated rings. The van der Waals surface area contributed by atoms with Crippen molar-refractivity contribution < 1.29 is 14.3 Å². The van der Waals surface area contributed by atoms with E-state index in [0.717, 1.165) is 17.7 Å². The molecule has 0 spiro atoms. The minimum atomic E-state index is -0.468. The van der Waals surface area contributed by atoms with E-state index in [4.69, 9.17) is 15.2 Å². The molecule has 5 heteroatoms. The summed E-state index contributed by atoms with van der Waals surface area (Å²) < 4.78 is 10.9. The number of rotatable bonds is 6. The maximum absolute atomic E-state index is 11.8. The van der Waals surface area contributed by atoms with Gasteiger partial charge in [0.2, 0.25) is 0 Å². The van der Waals surface area contributed by atoms with Crippen molar-refractivity contribution in [2.75, 3.05) is 20.2 Å². The Morgan fingerprint density at radius 2 is 2.05 bits per heavy atom. The molecule has 0 unspecified atom stereocenters. The van der Waals surface area contributed by atoms with Crippen LogP contribution in [0.4, 0.5) is 4.79 Å². The Morgan fingerprint density at radius 1 is 1.33 bits per heavy atom. The molecule has 1 aromatic rings. The maximum Gasteiger partial charge on any atom is 0.410 e. The lowest BCUT2D eigenvalue weighted by Crippen LogP contribution is -2.35. The van der Waals surface area contributed by atoms with Crippen LogP contribution in [0, 0.1) is 0 Å². The first-order valence-electron chi connectivity index (χ1n) is 7.18. The zero-order chi connectivity index (χ0) is 15.9. The highest BCUT2D eigenvalue weighted by atomic mass is 16.6. The molecule has 1 aromatic carbocycles. The summed E-state index contributed by atoms with van der Waals surface area (Å²) in [6.07, 6.45) is 0.426. The largest absolute Gasteiger partial charge is 0.494 e.